The summed E-state index contributed by atoms with van der Waals surface area (Å²) in [7, 11) is 2.13. The molecule has 1 saturated heterocycles. The number of pyridine rings is 1. The van der Waals surface area contributed by atoms with Crippen LogP contribution in [0.15, 0.2) is 18.3 Å². The Labute approximate surface area is 149 Å². The molecular formula is C19H29N5O. The first kappa shape index (κ1) is 17.7. The molecule has 1 aliphatic heterocycles. The molecule has 3 heterocycles. The van der Waals surface area contributed by atoms with Crippen LogP contribution in [0, 0.1) is 6.92 Å². The third kappa shape index (κ3) is 3.63. The average molecular weight is 343 g/mol. The second kappa shape index (κ2) is 7.44. The molecule has 136 valence electrons. The Bertz CT molecular complexity index is 742. The molecule has 25 heavy (non-hydrogen) atoms. The number of carbonyl (C=O) groups is 1. The smallest absolute Gasteiger partial charge is 0.252 e. The Morgan fingerprint density at radius 2 is 1.96 bits per heavy atom. The number of imidazole rings is 1. The number of likely N-dealkylation sites (tertiary alicyclic amines) is 1. The second-order valence-corrected chi connectivity index (χ2v) is 6.89. The molecule has 0 saturated carbocycles. The van der Waals surface area contributed by atoms with Crippen LogP contribution >= 0.6 is 0 Å². The van der Waals surface area contributed by atoms with Crippen LogP contribution in [0.25, 0.3) is 5.65 Å². The van der Waals surface area contributed by atoms with Gasteiger partial charge >= 0.3 is 0 Å². The number of amides is 1. The summed E-state index contributed by atoms with van der Waals surface area (Å²) in [6.45, 7) is 10.2. The second-order valence-electron chi connectivity index (χ2n) is 6.89. The van der Waals surface area contributed by atoms with E-state index in [2.05, 4.69) is 41.0 Å². The number of nitrogens with zero attached hydrogens (tertiary/aromatic N) is 4. The Kier molecular flexibility index (Phi) is 5.27. The van der Waals surface area contributed by atoms with Gasteiger partial charge in [0.25, 0.3) is 5.91 Å². The van der Waals surface area contributed by atoms with Crippen molar-refractivity contribution in [3.05, 3.63) is 29.6 Å². The van der Waals surface area contributed by atoms with Crippen LogP contribution in [0.5, 0.6) is 0 Å². The number of fused-ring (bicyclic) bond motifs is 1. The fourth-order valence-electron chi connectivity index (χ4n) is 3.61. The van der Waals surface area contributed by atoms with E-state index in [1.165, 1.54) is 0 Å². The number of rotatable bonds is 5. The molecule has 3 rings (SSSR count). The summed E-state index contributed by atoms with van der Waals surface area (Å²) in [5.41, 5.74) is 2.57. The first-order valence-corrected chi connectivity index (χ1v) is 9.26. The van der Waals surface area contributed by atoms with Crippen molar-refractivity contribution < 1.29 is 4.79 Å². The van der Waals surface area contributed by atoms with E-state index in [0.29, 0.717) is 5.56 Å². The Morgan fingerprint density at radius 1 is 1.28 bits per heavy atom. The molecule has 6 nitrogen and oxygen atoms in total. The van der Waals surface area contributed by atoms with Crippen molar-refractivity contribution in [2.75, 3.05) is 38.1 Å². The number of piperidine rings is 1. The predicted octanol–water partition coefficient (Wildman–Crippen LogP) is 2.31. The van der Waals surface area contributed by atoms with E-state index < -0.39 is 0 Å². The highest BCUT2D eigenvalue weighted by molar-refractivity contribution is 5.94. The van der Waals surface area contributed by atoms with Crippen LogP contribution < -0.4 is 10.2 Å². The van der Waals surface area contributed by atoms with E-state index in [0.717, 1.165) is 56.2 Å². The van der Waals surface area contributed by atoms with Gasteiger partial charge in [0.05, 0.1) is 11.3 Å². The van der Waals surface area contributed by atoms with Crippen molar-refractivity contribution in [2.24, 2.45) is 0 Å². The van der Waals surface area contributed by atoms with Crippen molar-refractivity contribution in [1.82, 2.24) is 19.6 Å². The van der Waals surface area contributed by atoms with Crippen LogP contribution in [0.3, 0.4) is 0 Å². The van der Waals surface area contributed by atoms with Gasteiger partial charge in [0.1, 0.15) is 11.5 Å². The summed E-state index contributed by atoms with van der Waals surface area (Å²) in [6.07, 6.45) is 3.95. The van der Waals surface area contributed by atoms with Crippen LogP contribution in [0.2, 0.25) is 0 Å². The van der Waals surface area contributed by atoms with Crippen LogP contribution in [-0.4, -0.2) is 59.5 Å². The first-order valence-electron chi connectivity index (χ1n) is 9.26. The van der Waals surface area contributed by atoms with Gasteiger partial charge in [0.15, 0.2) is 0 Å². The monoisotopic (exact) mass is 343 g/mol. The number of hydrogen-bond acceptors (Lipinski definition) is 4. The van der Waals surface area contributed by atoms with Gasteiger partial charge in [-0.2, -0.15) is 0 Å². The third-order valence-corrected chi connectivity index (χ3v) is 5.14. The van der Waals surface area contributed by atoms with E-state index in [1.807, 2.05) is 29.7 Å². The largest absolute Gasteiger partial charge is 0.357 e. The fourth-order valence-corrected chi connectivity index (χ4v) is 3.61. The number of aromatic nitrogens is 2. The molecule has 0 bridgehead atoms. The van der Waals surface area contributed by atoms with Gasteiger partial charge in [0.2, 0.25) is 0 Å². The highest BCUT2D eigenvalue weighted by Gasteiger charge is 2.20. The van der Waals surface area contributed by atoms with Crippen LogP contribution in [-0.2, 0) is 0 Å². The lowest BCUT2D eigenvalue weighted by atomic mass is 10.1. The predicted molar refractivity (Wildman–Crippen MR) is 101 cm³/mol. The van der Waals surface area contributed by atoms with E-state index in [9.17, 15) is 4.79 Å². The number of carbonyl (C=O) groups excluding carboxylic acids is 1. The molecule has 6 heteroatoms. The van der Waals surface area contributed by atoms with Crippen molar-refractivity contribution in [2.45, 2.75) is 39.7 Å². The Morgan fingerprint density at radius 3 is 2.60 bits per heavy atom. The number of nitrogens with one attached hydrogen (secondary N) is 1. The summed E-state index contributed by atoms with van der Waals surface area (Å²) in [4.78, 5) is 21.9. The summed E-state index contributed by atoms with van der Waals surface area (Å²) in [6, 6.07) is 4.08. The average Bonchev–Trinajstić information content (AvgIpc) is 2.93. The van der Waals surface area contributed by atoms with Gasteiger partial charge in [-0.25, -0.2) is 4.98 Å². The lowest BCUT2D eigenvalue weighted by Gasteiger charge is -2.29. The first-order chi connectivity index (χ1) is 12.0. The molecule has 0 aliphatic carbocycles. The van der Waals surface area contributed by atoms with E-state index >= 15 is 0 Å². The lowest BCUT2D eigenvalue weighted by molar-refractivity contribution is 0.0916. The number of hydrogen-bond donors (Lipinski definition) is 1. The van der Waals surface area contributed by atoms with Gasteiger partial charge < -0.3 is 15.1 Å². The molecule has 0 aromatic carbocycles. The summed E-state index contributed by atoms with van der Waals surface area (Å²) < 4.78 is 2.05. The zero-order valence-corrected chi connectivity index (χ0v) is 15.7. The standard InChI is InChI=1S/C19H29N5O/c1-5-23(6-2)19-14(3)20-17-8-7-15(13-24(17)19)18(25)21-16-9-11-22(4)12-10-16/h7-8,13,16H,5-6,9-12H2,1-4H3,(H,21,25). The Hall–Kier alpha value is -2.08. The van der Waals surface area contributed by atoms with Crippen molar-refractivity contribution in [3.63, 3.8) is 0 Å². The van der Waals surface area contributed by atoms with E-state index in [-0.39, 0.29) is 11.9 Å². The zero-order valence-electron chi connectivity index (χ0n) is 15.7. The van der Waals surface area contributed by atoms with Crippen LogP contribution in [0.1, 0.15) is 42.7 Å². The van der Waals surface area contributed by atoms with Gasteiger partial charge in [-0.3, -0.25) is 9.20 Å². The summed E-state index contributed by atoms with van der Waals surface area (Å²) in [5.74, 6) is 1.09. The molecule has 0 spiro atoms. The van der Waals surface area contributed by atoms with Crippen molar-refractivity contribution in [1.29, 1.82) is 0 Å². The van der Waals surface area contributed by atoms with Crippen molar-refractivity contribution in [3.8, 4) is 0 Å². The Balaban J connectivity index is 1.84. The molecule has 1 aliphatic rings. The SMILES string of the molecule is CCN(CC)c1c(C)nc2ccc(C(=O)NC3CCN(C)CC3)cn12. The molecule has 1 N–H and O–H groups in total. The quantitative estimate of drug-likeness (QED) is 0.905. The van der Waals surface area contributed by atoms with Crippen molar-refractivity contribution >= 4 is 17.4 Å². The summed E-state index contributed by atoms with van der Waals surface area (Å²) in [5, 5.41) is 3.19. The molecular weight excluding hydrogens is 314 g/mol. The molecule has 0 unspecified atom stereocenters. The summed E-state index contributed by atoms with van der Waals surface area (Å²) >= 11 is 0. The van der Waals surface area contributed by atoms with Crippen LogP contribution in [0.4, 0.5) is 5.82 Å². The molecule has 1 amide bonds. The van der Waals surface area contributed by atoms with Gasteiger partial charge in [-0.15, -0.1) is 0 Å². The van der Waals surface area contributed by atoms with E-state index in [4.69, 9.17) is 0 Å². The molecule has 2 aromatic heterocycles. The van der Waals surface area contributed by atoms with E-state index in [1.54, 1.807) is 0 Å². The minimum atomic E-state index is 0.00769. The molecule has 0 radical (unpaired) electrons. The maximum Gasteiger partial charge on any atom is 0.252 e. The molecule has 1 fully saturated rings. The zero-order chi connectivity index (χ0) is 18.0. The van der Waals surface area contributed by atoms with Gasteiger partial charge in [0, 0.05) is 25.3 Å². The molecule has 2 aromatic rings. The highest BCUT2D eigenvalue weighted by atomic mass is 16.1. The minimum absolute atomic E-state index is 0.00769. The maximum atomic E-state index is 12.7. The topological polar surface area (TPSA) is 52.9 Å². The minimum Gasteiger partial charge on any atom is -0.357 e. The molecule has 0 atom stereocenters. The van der Waals surface area contributed by atoms with Gasteiger partial charge in [-0.05, 0) is 65.9 Å². The third-order valence-electron chi connectivity index (χ3n) is 5.14. The normalized spacial score (nSPS) is 16.3. The fraction of sp³-hybridized carbons (Fsp3) is 0.579. The van der Waals surface area contributed by atoms with Gasteiger partial charge in [-0.1, -0.05) is 0 Å². The number of aryl methyl sites for hydroxylation is 1. The maximum absolute atomic E-state index is 12.7. The lowest BCUT2D eigenvalue weighted by Crippen LogP contribution is -2.43. The highest BCUT2D eigenvalue weighted by Crippen LogP contribution is 2.22. The number of anilines is 1.